The number of nitrogens with zero attached hydrogens (tertiary/aromatic N) is 1. The van der Waals surface area contributed by atoms with E-state index in [4.69, 9.17) is 9.47 Å². The number of esters is 1. The van der Waals surface area contributed by atoms with Crippen LogP contribution in [-0.4, -0.2) is 36.3 Å². The van der Waals surface area contributed by atoms with Crippen molar-refractivity contribution in [1.82, 2.24) is 4.98 Å². The lowest BCUT2D eigenvalue weighted by atomic mass is 10.3. The van der Waals surface area contributed by atoms with Gasteiger partial charge in [-0.05, 0) is 48.2 Å². The molecule has 1 aromatic heterocycles. The van der Waals surface area contributed by atoms with E-state index < -0.39 is 24.2 Å². The van der Waals surface area contributed by atoms with E-state index in [0.29, 0.717) is 11.4 Å². The van der Waals surface area contributed by atoms with Gasteiger partial charge in [0.15, 0.2) is 6.61 Å². The van der Waals surface area contributed by atoms with Gasteiger partial charge >= 0.3 is 5.97 Å². The summed E-state index contributed by atoms with van der Waals surface area (Å²) >= 11 is 0.136. The quantitative estimate of drug-likeness (QED) is 0.597. The number of thioether (sulfide) groups is 1. The molecule has 0 radical (unpaired) electrons. The summed E-state index contributed by atoms with van der Waals surface area (Å²) in [5.41, 5.74) is 0.377. The van der Waals surface area contributed by atoms with Crippen molar-refractivity contribution in [3.05, 3.63) is 48.2 Å². The number of ether oxygens (including phenoxy) is 2. The minimum atomic E-state index is -2.72. The van der Waals surface area contributed by atoms with Crippen LogP contribution in [0.1, 0.15) is 10.4 Å². The first-order chi connectivity index (χ1) is 12.0. The van der Waals surface area contributed by atoms with Gasteiger partial charge in [0.2, 0.25) is 0 Å². The Kier molecular flexibility index (Phi) is 6.70. The van der Waals surface area contributed by atoms with Crippen LogP contribution in [0.5, 0.6) is 5.75 Å². The van der Waals surface area contributed by atoms with Gasteiger partial charge in [-0.2, -0.15) is 8.78 Å². The molecule has 0 spiro atoms. The SMILES string of the molecule is COc1ccc(NC(=O)COC(=O)c2cccnc2SC(F)F)cc1. The number of anilines is 1. The van der Waals surface area contributed by atoms with Crippen LogP contribution < -0.4 is 10.1 Å². The molecule has 2 aromatic rings. The normalized spacial score (nSPS) is 10.4. The third kappa shape index (κ3) is 5.71. The Labute approximate surface area is 146 Å². The fourth-order valence-corrected chi connectivity index (χ4v) is 2.37. The first kappa shape index (κ1) is 18.7. The Hall–Kier alpha value is -2.68. The van der Waals surface area contributed by atoms with Crippen molar-refractivity contribution >= 4 is 29.3 Å². The number of aromatic nitrogens is 1. The van der Waals surface area contributed by atoms with Gasteiger partial charge in [0.05, 0.1) is 12.7 Å². The van der Waals surface area contributed by atoms with Gasteiger partial charge in [-0.25, -0.2) is 9.78 Å². The fraction of sp³-hybridized carbons (Fsp3) is 0.188. The van der Waals surface area contributed by atoms with Crippen molar-refractivity contribution < 1.29 is 27.8 Å². The molecule has 1 N–H and O–H groups in total. The summed E-state index contributed by atoms with van der Waals surface area (Å²) in [6, 6.07) is 9.29. The molecule has 9 heteroatoms. The number of halogens is 2. The summed E-state index contributed by atoms with van der Waals surface area (Å²) in [4.78, 5) is 27.5. The lowest BCUT2D eigenvalue weighted by Gasteiger charge is -2.09. The molecule has 2 rings (SSSR count). The Morgan fingerprint density at radius 1 is 1.24 bits per heavy atom. The summed E-state index contributed by atoms with van der Waals surface area (Å²) in [6.07, 6.45) is 1.29. The maximum absolute atomic E-state index is 12.5. The molecule has 0 saturated heterocycles. The van der Waals surface area contributed by atoms with E-state index in [1.54, 1.807) is 24.3 Å². The molecular weight excluding hydrogens is 354 g/mol. The highest BCUT2D eigenvalue weighted by atomic mass is 32.2. The molecule has 0 bridgehead atoms. The zero-order chi connectivity index (χ0) is 18.2. The van der Waals surface area contributed by atoms with Gasteiger partial charge in [0, 0.05) is 11.9 Å². The number of nitrogens with one attached hydrogen (secondary N) is 1. The molecule has 0 aliphatic carbocycles. The van der Waals surface area contributed by atoms with E-state index in [1.807, 2.05) is 0 Å². The van der Waals surface area contributed by atoms with Crippen molar-refractivity contribution in [2.75, 3.05) is 19.0 Å². The molecule has 0 aliphatic heterocycles. The topological polar surface area (TPSA) is 77.5 Å². The Balaban J connectivity index is 1.92. The summed E-state index contributed by atoms with van der Waals surface area (Å²) in [5.74, 6) is -3.56. The van der Waals surface area contributed by atoms with Gasteiger partial charge in [-0.15, -0.1) is 0 Å². The second kappa shape index (κ2) is 8.97. The highest BCUT2D eigenvalue weighted by Crippen LogP contribution is 2.26. The summed E-state index contributed by atoms with van der Waals surface area (Å²) in [6.45, 7) is -0.557. The van der Waals surface area contributed by atoms with Gasteiger partial charge < -0.3 is 14.8 Å². The molecule has 0 aliphatic rings. The maximum atomic E-state index is 12.5. The molecule has 0 atom stereocenters. The summed E-state index contributed by atoms with van der Waals surface area (Å²) < 4.78 is 34.8. The lowest BCUT2D eigenvalue weighted by Crippen LogP contribution is -2.21. The molecule has 0 unspecified atom stereocenters. The van der Waals surface area contributed by atoms with E-state index in [-0.39, 0.29) is 22.4 Å². The number of benzene rings is 1. The second-order valence-electron chi connectivity index (χ2n) is 4.59. The van der Waals surface area contributed by atoms with Crippen molar-refractivity contribution in [2.45, 2.75) is 10.8 Å². The van der Waals surface area contributed by atoms with Gasteiger partial charge in [-0.3, -0.25) is 4.79 Å². The molecule has 132 valence electrons. The van der Waals surface area contributed by atoms with Crippen LogP contribution in [0.4, 0.5) is 14.5 Å². The lowest BCUT2D eigenvalue weighted by molar-refractivity contribution is -0.119. The first-order valence-corrected chi connectivity index (χ1v) is 7.88. The summed E-state index contributed by atoms with van der Waals surface area (Å²) in [7, 11) is 1.52. The number of alkyl halides is 2. The molecule has 1 amide bonds. The van der Waals surface area contributed by atoms with Crippen LogP contribution in [-0.2, 0) is 9.53 Å². The van der Waals surface area contributed by atoms with E-state index in [9.17, 15) is 18.4 Å². The van der Waals surface area contributed by atoms with Crippen molar-refractivity contribution in [2.24, 2.45) is 0 Å². The molecule has 0 fully saturated rings. The number of hydrogen-bond donors (Lipinski definition) is 1. The minimum absolute atomic E-state index is 0.120. The average molecular weight is 368 g/mol. The Bertz CT molecular complexity index is 741. The van der Waals surface area contributed by atoms with Crippen molar-refractivity contribution in [1.29, 1.82) is 0 Å². The monoisotopic (exact) mass is 368 g/mol. The minimum Gasteiger partial charge on any atom is -0.497 e. The van der Waals surface area contributed by atoms with Gasteiger partial charge in [0.25, 0.3) is 11.7 Å². The third-order valence-electron chi connectivity index (χ3n) is 2.90. The van der Waals surface area contributed by atoms with E-state index in [2.05, 4.69) is 10.3 Å². The van der Waals surface area contributed by atoms with E-state index in [0.717, 1.165) is 0 Å². The van der Waals surface area contributed by atoms with Crippen LogP contribution in [0.25, 0.3) is 0 Å². The number of carbonyl (C=O) groups excluding carboxylic acids is 2. The van der Waals surface area contributed by atoms with Crippen LogP contribution in [0, 0.1) is 0 Å². The van der Waals surface area contributed by atoms with E-state index >= 15 is 0 Å². The maximum Gasteiger partial charge on any atom is 0.341 e. The average Bonchev–Trinajstić information content (AvgIpc) is 2.60. The number of rotatable bonds is 7. The van der Waals surface area contributed by atoms with E-state index in [1.165, 1.54) is 25.4 Å². The molecular formula is C16H14F2N2O4S. The standard InChI is InChI=1S/C16H14F2N2O4S/c1-23-11-6-4-10(5-7-11)20-13(21)9-24-15(22)12-3-2-8-19-14(12)25-16(17)18/h2-8,16H,9H2,1H3,(H,20,21). The van der Waals surface area contributed by atoms with Crippen molar-refractivity contribution in [3.8, 4) is 5.75 Å². The zero-order valence-corrected chi connectivity index (χ0v) is 13.9. The number of pyridine rings is 1. The third-order valence-corrected chi connectivity index (χ3v) is 3.63. The van der Waals surface area contributed by atoms with Gasteiger partial charge in [0.1, 0.15) is 10.8 Å². The highest BCUT2D eigenvalue weighted by molar-refractivity contribution is 7.99. The molecule has 0 saturated carbocycles. The predicted octanol–water partition coefficient (Wildman–Crippen LogP) is 3.20. The largest absolute Gasteiger partial charge is 0.497 e. The van der Waals surface area contributed by atoms with Crippen LogP contribution in [0.3, 0.4) is 0 Å². The predicted molar refractivity (Wildman–Crippen MR) is 88.0 cm³/mol. The molecule has 25 heavy (non-hydrogen) atoms. The smallest absolute Gasteiger partial charge is 0.341 e. The molecule has 6 nitrogen and oxygen atoms in total. The summed E-state index contributed by atoms with van der Waals surface area (Å²) in [5, 5.41) is 2.38. The van der Waals surface area contributed by atoms with Gasteiger partial charge in [-0.1, -0.05) is 0 Å². The first-order valence-electron chi connectivity index (χ1n) is 7.00. The Morgan fingerprint density at radius 3 is 2.60 bits per heavy atom. The van der Waals surface area contributed by atoms with Crippen LogP contribution in [0.2, 0.25) is 0 Å². The fourth-order valence-electron chi connectivity index (χ4n) is 1.80. The number of carbonyl (C=O) groups is 2. The zero-order valence-electron chi connectivity index (χ0n) is 13.1. The molecule has 1 aromatic carbocycles. The van der Waals surface area contributed by atoms with Crippen LogP contribution >= 0.6 is 11.8 Å². The second-order valence-corrected chi connectivity index (χ2v) is 5.57. The Morgan fingerprint density at radius 2 is 1.96 bits per heavy atom. The number of methoxy groups -OCH3 is 1. The number of hydrogen-bond acceptors (Lipinski definition) is 6. The molecule has 1 heterocycles. The number of amides is 1. The highest BCUT2D eigenvalue weighted by Gasteiger charge is 2.18. The van der Waals surface area contributed by atoms with Crippen molar-refractivity contribution in [3.63, 3.8) is 0 Å². The van der Waals surface area contributed by atoms with Crippen LogP contribution in [0.15, 0.2) is 47.6 Å².